The summed E-state index contributed by atoms with van der Waals surface area (Å²) >= 11 is 0. The maximum absolute atomic E-state index is 3.50. The second-order valence-corrected chi connectivity index (χ2v) is 4.08. The molecular formula is C13H22N2. The summed E-state index contributed by atoms with van der Waals surface area (Å²) in [6.07, 6.45) is 0. The summed E-state index contributed by atoms with van der Waals surface area (Å²) in [6.45, 7) is 9.49. The third-order valence-electron chi connectivity index (χ3n) is 2.44. The first-order valence-corrected chi connectivity index (χ1v) is 5.72. The van der Waals surface area contributed by atoms with Crippen molar-refractivity contribution < 1.29 is 0 Å². The van der Waals surface area contributed by atoms with Gasteiger partial charge < -0.3 is 10.6 Å². The zero-order valence-corrected chi connectivity index (χ0v) is 10.0. The van der Waals surface area contributed by atoms with Crippen LogP contribution in [0.25, 0.3) is 0 Å². The van der Waals surface area contributed by atoms with Crippen LogP contribution in [-0.4, -0.2) is 19.1 Å². The van der Waals surface area contributed by atoms with Crippen LogP contribution in [0.4, 0.5) is 0 Å². The van der Waals surface area contributed by atoms with Crippen LogP contribution >= 0.6 is 0 Å². The van der Waals surface area contributed by atoms with Gasteiger partial charge in [0, 0.05) is 19.1 Å². The molecule has 0 radical (unpaired) electrons. The molecule has 84 valence electrons. The van der Waals surface area contributed by atoms with E-state index in [2.05, 4.69) is 55.7 Å². The van der Waals surface area contributed by atoms with Crippen molar-refractivity contribution in [3.63, 3.8) is 0 Å². The monoisotopic (exact) mass is 206 g/mol. The minimum Gasteiger partial charge on any atom is -0.315 e. The lowest BCUT2D eigenvalue weighted by atomic mass is 10.1. The van der Waals surface area contributed by atoms with E-state index in [-0.39, 0.29) is 0 Å². The summed E-state index contributed by atoms with van der Waals surface area (Å²) in [5, 5.41) is 6.83. The van der Waals surface area contributed by atoms with Gasteiger partial charge in [0.05, 0.1) is 0 Å². The Morgan fingerprint density at radius 1 is 1.33 bits per heavy atom. The van der Waals surface area contributed by atoms with Gasteiger partial charge in [-0.15, -0.1) is 0 Å². The maximum atomic E-state index is 3.50. The molecule has 0 amide bonds. The van der Waals surface area contributed by atoms with E-state index < -0.39 is 0 Å². The number of hydrogen-bond acceptors (Lipinski definition) is 2. The standard InChI is InChI=1S/C13H22N2/c1-4-14-9-12(3)15-10-13-7-5-6-11(2)8-13/h5-8,12,14-15H,4,9-10H2,1-3H3. The van der Waals surface area contributed by atoms with Crippen LogP contribution in [-0.2, 0) is 6.54 Å². The average Bonchev–Trinajstić information content (AvgIpc) is 2.23. The molecule has 1 aromatic rings. The van der Waals surface area contributed by atoms with Crippen LogP contribution in [0, 0.1) is 6.92 Å². The van der Waals surface area contributed by atoms with E-state index in [4.69, 9.17) is 0 Å². The zero-order valence-electron chi connectivity index (χ0n) is 10.0. The predicted molar refractivity (Wildman–Crippen MR) is 66.0 cm³/mol. The zero-order chi connectivity index (χ0) is 11.1. The van der Waals surface area contributed by atoms with Crippen molar-refractivity contribution in [1.29, 1.82) is 0 Å². The highest BCUT2D eigenvalue weighted by atomic mass is 15.0. The molecule has 0 aliphatic heterocycles. The quantitative estimate of drug-likeness (QED) is 0.744. The van der Waals surface area contributed by atoms with Gasteiger partial charge in [-0.2, -0.15) is 0 Å². The summed E-state index contributed by atoms with van der Waals surface area (Å²) in [4.78, 5) is 0. The molecule has 0 heterocycles. The number of benzene rings is 1. The molecule has 0 aromatic heterocycles. The number of rotatable bonds is 6. The van der Waals surface area contributed by atoms with Crippen molar-refractivity contribution in [3.8, 4) is 0 Å². The molecule has 0 saturated carbocycles. The average molecular weight is 206 g/mol. The third kappa shape index (κ3) is 4.96. The Bertz CT molecular complexity index is 284. The van der Waals surface area contributed by atoms with Gasteiger partial charge in [0.25, 0.3) is 0 Å². The predicted octanol–water partition coefficient (Wildman–Crippen LogP) is 2.08. The summed E-state index contributed by atoms with van der Waals surface area (Å²) in [5.41, 5.74) is 2.69. The maximum Gasteiger partial charge on any atom is 0.0208 e. The first-order chi connectivity index (χ1) is 7.22. The summed E-state index contributed by atoms with van der Waals surface area (Å²) in [5.74, 6) is 0. The fourth-order valence-electron chi connectivity index (χ4n) is 1.55. The molecule has 0 spiro atoms. The van der Waals surface area contributed by atoms with Crippen molar-refractivity contribution >= 4 is 0 Å². The van der Waals surface area contributed by atoms with Crippen LogP contribution in [0.3, 0.4) is 0 Å². The molecule has 0 aliphatic carbocycles. The highest BCUT2D eigenvalue weighted by molar-refractivity contribution is 5.21. The second kappa shape index (κ2) is 6.59. The Labute approximate surface area is 93.1 Å². The highest BCUT2D eigenvalue weighted by Gasteiger charge is 1.99. The summed E-state index contributed by atoms with van der Waals surface area (Å²) < 4.78 is 0. The lowest BCUT2D eigenvalue weighted by Crippen LogP contribution is -2.35. The van der Waals surface area contributed by atoms with E-state index in [0.29, 0.717) is 6.04 Å². The Hall–Kier alpha value is -0.860. The van der Waals surface area contributed by atoms with Crippen LogP contribution in [0.2, 0.25) is 0 Å². The van der Waals surface area contributed by atoms with Crippen LogP contribution in [0.1, 0.15) is 25.0 Å². The molecule has 0 saturated heterocycles. The highest BCUT2D eigenvalue weighted by Crippen LogP contribution is 2.03. The smallest absolute Gasteiger partial charge is 0.0208 e. The van der Waals surface area contributed by atoms with E-state index >= 15 is 0 Å². The number of likely N-dealkylation sites (N-methyl/N-ethyl adjacent to an activating group) is 1. The van der Waals surface area contributed by atoms with Crippen molar-refractivity contribution in [3.05, 3.63) is 35.4 Å². The molecule has 15 heavy (non-hydrogen) atoms. The molecule has 1 rings (SSSR count). The van der Waals surface area contributed by atoms with Crippen molar-refractivity contribution in [2.75, 3.05) is 13.1 Å². The first-order valence-electron chi connectivity index (χ1n) is 5.72. The van der Waals surface area contributed by atoms with Crippen LogP contribution in [0.15, 0.2) is 24.3 Å². The minimum atomic E-state index is 0.519. The van der Waals surface area contributed by atoms with Gasteiger partial charge in [0.1, 0.15) is 0 Å². The fraction of sp³-hybridized carbons (Fsp3) is 0.538. The molecule has 2 nitrogen and oxygen atoms in total. The summed E-state index contributed by atoms with van der Waals surface area (Å²) in [6, 6.07) is 9.16. The van der Waals surface area contributed by atoms with Crippen LogP contribution < -0.4 is 10.6 Å². The van der Waals surface area contributed by atoms with E-state index in [0.717, 1.165) is 19.6 Å². The van der Waals surface area contributed by atoms with Crippen LogP contribution in [0.5, 0.6) is 0 Å². The van der Waals surface area contributed by atoms with Crippen molar-refractivity contribution in [1.82, 2.24) is 10.6 Å². The summed E-state index contributed by atoms with van der Waals surface area (Å²) in [7, 11) is 0. The normalized spacial score (nSPS) is 12.7. The van der Waals surface area contributed by atoms with Gasteiger partial charge in [0.15, 0.2) is 0 Å². The number of aryl methyl sites for hydroxylation is 1. The van der Waals surface area contributed by atoms with E-state index in [9.17, 15) is 0 Å². The molecule has 0 fully saturated rings. The van der Waals surface area contributed by atoms with Gasteiger partial charge in [-0.3, -0.25) is 0 Å². The molecular weight excluding hydrogens is 184 g/mol. The SMILES string of the molecule is CCNCC(C)NCc1cccc(C)c1. The molecule has 1 atom stereocenters. The lowest BCUT2D eigenvalue weighted by molar-refractivity contribution is 0.509. The van der Waals surface area contributed by atoms with Gasteiger partial charge in [-0.05, 0) is 26.0 Å². The Morgan fingerprint density at radius 2 is 2.13 bits per heavy atom. The van der Waals surface area contributed by atoms with E-state index in [1.54, 1.807) is 0 Å². The lowest BCUT2D eigenvalue weighted by Gasteiger charge is -2.14. The van der Waals surface area contributed by atoms with Gasteiger partial charge in [-0.1, -0.05) is 36.8 Å². The Balaban J connectivity index is 2.30. The molecule has 1 aromatic carbocycles. The number of nitrogens with one attached hydrogen (secondary N) is 2. The second-order valence-electron chi connectivity index (χ2n) is 4.08. The van der Waals surface area contributed by atoms with Gasteiger partial charge in [-0.25, -0.2) is 0 Å². The third-order valence-corrected chi connectivity index (χ3v) is 2.44. The fourth-order valence-corrected chi connectivity index (χ4v) is 1.55. The number of hydrogen-bond donors (Lipinski definition) is 2. The molecule has 2 N–H and O–H groups in total. The largest absolute Gasteiger partial charge is 0.315 e. The Morgan fingerprint density at radius 3 is 2.80 bits per heavy atom. The van der Waals surface area contributed by atoms with E-state index in [1.165, 1.54) is 11.1 Å². The molecule has 0 bridgehead atoms. The van der Waals surface area contributed by atoms with Crippen molar-refractivity contribution in [2.45, 2.75) is 33.4 Å². The van der Waals surface area contributed by atoms with Gasteiger partial charge >= 0.3 is 0 Å². The first kappa shape index (κ1) is 12.2. The molecule has 0 aliphatic rings. The molecule has 1 unspecified atom stereocenters. The van der Waals surface area contributed by atoms with Crippen molar-refractivity contribution in [2.24, 2.45) is 0 Å². The van der Waals surface area contributed by atoms with Gasteiger partial charge in [0.2, 0.25) is 0 Å². The molecule has 2 heteroatoms. The van der Waals surface area contributed by atoms with E-state index in [1.807, 2.05) is 0 Å². The topological polar surface area (TPSA) is 24.1 Å². The minimum absolute atomic E-state index is 0.519. The Kier molecular flexibility index (Phi) is 5.37.